The molecule has 3 heterocycles. The smallest absolute Gasteiger partial charge is 0.163 e. The lowest BCUT2D eigenvalue weighted by atomic mass is 10.1. The zero-order valence-corrected chi connectivity index (χ0v) is 13.2. The maximum absolute atomic E-state index is 5.21. The molecule has 0 saturated heterocycles. The van der Waals surface area contributed by atoms with Gasteiger partial charge in [0.2, 0.25) is 0 Å². The van der Waals surface area contributed by atoms with E-state index in [0.29, 0.717) is 11.5 Å². The minimum atomic E-state index is 0.667. The Kier molecular flexibility index (Phi) is 3.48. The average molecular weight is 319 g/mol. The Labute approximate surface area is 137 Å². The van der Waals surface area contributed by atoms with E-state index in [1.165, 1.54) is 0 Å². The molecule has 0 saturated carbocycles. The number of thiophene rings is 1. The first-order valence-electron chi connectivity index (χ1n) is 7.15. The Morgan fingerprint density at radius 2 is 1.83 bits per heavy atom. The lowest BCUT2D eigenvalue weighted by Crippen LogP contribution is -1.96. The van der Waals surface area contributed by atoms with Gasteiger partial charge in [-0.1, -0.05) is 0 Å². The van der Waals surface area contributed by atoms with Crippen LogP contribution in [-0.4, -0.2) is 22.1 Å². The second-order valence-corrected chi connectivity index (χ2v) is 5.79. The number of methoxy groups -OCH3 is 1. The molecule has 0 spiro atoms. The molecule has 3 aromatic heterocycles. The number of aromatic nitrogens is 3. The van der Waals surface area contributed by atoms with Crippen LogP contribution >= 0.6 is 11.3 Å². The van der Waals surface area contributed by atoms with Crippen molar-refractivity contribution in [2.24, 2.45) is 0 Å². The summed E-state index contributed by atoms with van der Waals surface area (Å²) in [7, 11) is 1.65. The first-order valence-corrected chi connectivity index (χ1v) is 8.09. The van der Waals surface area contributed by atoms with Crippen LogP contribution in [0.4, 0.5) is 0 Å². The van der Waals surface area contributed by atoms with E-state index in [0.717, 1.165) is 28.0 Å². The Morgan fingerprint density at radius 3 is 2.57 bits per heavy atom. The number of ether oxygens (including phenoxy) is 1. The molecule has 0 amide bonds. The topological polar surface area (TPSA) is 47.9 Å². The molecule has 0 aliphatic rings. The predicted octanol–water partition coefficient (Wildman–Crippen LogP) is 4.43. The van der Waals surface area contributed by atoms with E-state index in [4.69, 9.17) is 9.72 Å². The van der Waals surface area contributed by atoms with E-state index >= 15 is 0 Å². The summed E-state index contributed by atoms with van der Waals surface area (Å²) < 4.78 is 5.21. The fourth-order valence-corrected chi connectivity index (χ4v) is 3.09. The molecule has 0 unspecified atom stereocenters. The monoisotopic (exact) mass is 319 g/mol. The summed E-state index contributed by atoms with van der Waals surface area (Å²) >= 11 is 1.65. The number of rotatable bonds is 3. The summed E-state index contributed by atoms with van der Waals surface area (Å²) in [5.41, 5.74) is 3.64. The van der Waals surface area contributed by atoms with Crippen molar-refractivity contribution in [1.82, 2.24) is 15.0 Å². The van der Waals surface area contributed by atoms with Crippen molar-refractivity contribution in [2.75, 3.05) is 7.11 Å². The summed E-state index contributed by atoms with van der Waals surface area (Å²) in [5, 5.41) is 5.10. The van der Waals surface area contributed by atoms with Gasteiger partial charge in [-0.05, 0) is 47.8 Å². The number of nitrogens with zero attached hydrogens (tertiary/aromatic N) is 3. The van der Waals surface area contributed by atoms with Crippen molar-refractivity contribution in [3.63, 3.8) is 0 Å². The van der Waals surface area contributed by atoms with Crippen molar-refractivity contribution >= 4 is 22.4 Å². The third-order valence-electron chi connectivity index (χ3n) is 3.61. The summed E-state index contributed by atoms with van der Waals surface area (Å²) in [5.74, 6) is 1.48. The van der Waals surface area contributed by atoms with Crippen molar-refractivity contribution in [1.29, 1.82) is 0 Å². The molecule has 0 atom stereocenters. The lowest BCUT2D eigenvalue weighted by molar-refractivity contribution is 0.415. The predicted molar refractivity (Wildman–Crippen MR) is 92.6 cm³/mol. The van der Waals surface area contributed by atoms with Crippen molar-refractivity contribution in [3.8, 4) is 28.4 Å². The highest BCUT2D eigenvalue weighted by Crippen LogP contribution is 2.29. The second-order valence-electron chi connectivity index (χ2n) is 5.01. The van der Waals surface area contributed by atoms with Gasteiger partial charge in [-0.3, -0.25) is 0 Å². The molecule has 0 fully saturated rings. The van der Waals surface area contributed by atoms with Crippen molar-refractivity contribution in [2.45, 2.75) is 0 Å². The molecular formula is C18H13N3OS. The summed E-state index contributed by atoms with van der Waals surface area (Å²) in [6.45, 7) is 0. The molecule has 0 radical (unpaired) electrons. The van der Waals surface area contributed by atoms with Crippen LogP contribution in [-0.2, 0) is 0 Å². The maximum atomic E-state index is 5.21. The minimum absolute atomic E-state index is 0.667. The molecule has 4 nitrogen and oxygen atoms in total. The van der Waals surface area contributed by atoms with Gasteiger partial charge in [0.05, 0.1) is 12.8 Å². The van der Waals surface area contributed by atoms with E-state index in [9.17, 15) is 0 Å². The van der Waals surface area contributed by atoms with Gasteiger partial charge in [0, 0.05) is 28.1 Å². The SMILES string of the molecule is COc1ccc(-c2nc(-c3ccsc3)c3cccnc3n2)cc1. The molecule has 1 aromatic carbocycles. The Morgan fingerprint density at radius 1 is 0.957 bits per heavy atom. The van der Waals surface area contributed by atoms with Crippen LogP contribution in [0.1, 0.15) is 0 Å². The molecule has 112 valence electrons. The molecule has 0 bridgehead atoms. The zero-order chi connectivity index (χ0) is 15.6. The second kappa shape index (κ2) is 5.78. The van der Waals surface area contributed by atoms with Crippen LogP contribution in [0.2, 0.25) is 0 Å². The number of hydrogen-bond donors (Lipinski definition) is 0. The van der Waals surface area contributed by atoms with Crippen LogP contribution < -0.4 is 4.74 Å². The first-order chi connectivity index (χ1) is 11.3. The Bertz CT molecular complexity index is 950. The number of fused-ring (bicyclic) bond motifs is 1. The van der Waals surface area contributed by atoms with Crippen LogP contribution in [0.15, 0.2) is 59.4 Å². The summed E-state index contributed by atoms with van der Waals surface area (Å²) in [4.78, 5) is 13.8. The maximum Gasteiger partial charge on any atom is 0.163 e. The van der Waals surface area contributed by atoms with Crippen LogP contribution in [0.3, 0.4) is 0 Å². The molecule has 4 aromatic rings. The van der Waals surface area contributed by atoms with Crippen LogP contribution in [0.25, 0.3) is 33.7 Å². The summed E-state index contributed by atoms with van der Waals surface area (Å²) in [6.07, 6.45) is 1.75. The largest absolute Gasteiger partial charge is 0.497 e. The third kappa shape index (κ3) is 2.55. The fraction of sp³-hybridized carbons (Fsp3) is 0.0556. The average Bonchev–Trinajstić information content (AvgIpc) is 3.15. The standard InChI is InChI=1S/C18H13N3OS/c1-22-14-6-4-12(5-7-14)17-20-16(13-8-10-23-11-13)15-3-2-9-19-18(15)21-17/h2-11H,1H3. The van der Waals surface area contributed by atoms with Gasteiger partial charge in [0.15, 0.2) is 11.5 Å². The van der Waals surface area contributed by atoms with E-state index in [2.05, 4.69) is 21.4 Å². The van der Waals surface area contributed by atoms with Crippen LogP contribution in [0.5, 0.6) is 5.75 Å². The zero-order valence-electron chi connectivity index (χ0n) is 12.4. The number of pyridine rings is 1. The lowest BCUT2D eigenvalue weighted by Gasteiger charge is -2.08. The van der Waals surface area contributed by atoms with Gasteiger partial charge in [-0.2, -0.15) is 11.3 Å². The van der Waals surface area contributed by atoms with Crippen molar-refractivity contribution < 1.29 is 4.74 Å². The number of benzene rings is 1. The normalized spacial score (nSPS) is 10.8. The van der Waals surface area contributed by atoms with Gasteiger partial charge in [0.25, 0.3) is 0 Å². The summed E-state index contributed by atoms with van der Waals surface area (Å²) in [6, 6.07) is 13.7. The van der Waals surface area contributed by atoms with Gasteiger partial charge >= 0.3 is 0 Å². The third-order valence-corrected chi connectivity index (χ3v) is 4.30. The molecule has 23 heavy (non-hydrogen) atoms. The molecule has 0 aliphatic carbocycles. The van der Waals surface area contributed by atoms with Gasteiger partial charge in [-0.25, -0.2) is 15.0 Å². The molecule has 5 heteroatoms. The first kappa shape index (κ1) is 13.8. The van der Waals surface area contributed by atoms with E-state index in [1.54, 1.807) is 24.6 Å². The molecule has 0 N–H and O–H groups in total. The fourth-order valence-electron chi connectivity index (χ4n) is 2.45. The van der Waals surface area contributed by atoms with Crippen molar-refractivity contribution in [3.05, 3.63) is 59.4 Å². The van der Waals surface area contributed by atoms with E-state index in [-0.39, 0.29) is 0 Å². The van der Waals surface area contributed by atoms with E-state index < -0.39 is 0 Å². The van der Waals surface area contributed by atoms with Gasteiger partial charge in [-0.15, -0.1) is 0 Å². The number of hydrogen-bond acceptors (Lipinski definition) is 5. The Hall–Kier alpha value is -2.79. The van der Waals surface area contributed by atoms with E-state index in [1.807, 2.05) is 41.8 Å². The highest BCUT2D eigenvalue weighted by molar-refractivity contribution is 7.08. The molecule has 0 aliphatic heterocycles. The quantitative estimate of drug-likeness (QED) is 0.560. The molecular weight excluding hydrogens is 306 g/mol. The highest BCUT2D eigenvalue weighted by atomic mass is 32.1. The van der Waals surface area contributed by atoms with Crippen LogP contribution in [0, 0.1) is 0 Å². The highest BCUT2D eigenvalue weighted by Gasteiger charge is 2.12. The Balaban J connectivity index is 1.93. The molecule has 4 rings (SSSR count). The van der Waals surface area contributed by atoms with Gasteiger partial charge in [0.1, 0.15) is 5.75 Å². The minimum Gasteiger partial charge on any atom is -0.497 e. The van der Waals surface area contributed by atoms with Gasteiger partial charge < -0.3 is 4.74 Å².